The SMILES string of the molecule is C=C/C=C1\C=C\N(c2cc3c(cc2-c2ccccc2)C(C)(C)CCC3(C)C)C(/C=C2\C(=C)C(C)(C)CCC2C)=C\[B]c2sc3ccc(C(C)(C)C)cc3c2N1/C(C=C)=C/C=C/C(C)C. The third-order valence-corrected chi connectivity index (χ3v) is 15.3. The lowest BCUT2D eigenvalue weighted by atomic mass is 9.62. The van der Waals surface area contributed by atoms with Crippen molar-refractivity contribution in [2.24, 2.45) is 17.3 Å². The molecule has 0 amide bonds. The van der Waals surface area contributed by atoms with E-state index in [1.54, 1.807) is 0 Å². The number of allylic oxidation sites excluding steroid dienone is 10. The summed E-state index contributed by atoms with van der Waals surface area (Å²) in [6.45, 7) is 41.7. The normalized spacial score (nSPS) is 22.6. The highest BCUT2D eigenvalue weighted by atomic mass is 32.1. The molecule has 3 aliphatic rings. The average molecular weight is 864 g/mol. The minimum atomic E-state index is -0.0218. The van der Waals surface area contributed by atoms with Crippen molar-refractivity contribution in [3.8, 4) is 11.1 Å². The van der Waals surface area contributed by atoms with Gasteiger partial charge in [-0.15, -0.1) is 11.3 Å². The van der Waals surface area contributed by atoms with Crippen LogP contribution in [0.3, 0.4) is 0 Å². The predicted molar refractivity (Wildman–Crippen MR) is 285 cm³/mol. The maximum absolute atomic E-state index is 4.81. The zero-order valence-electron chi connectivity index (χ0n) is 41.0. The molecule has 2 heterocycles. The monoisotopic (exact) mass is 864 g/mol. The number of thiophene rings is 1. The quantitative estimate of drug-likeness (QED) is 0.129. The Balaban J connectivity index is 1.61. The second kappa shape index (κ2) is 18.1. The first kappa shape index (κ1) is 46.9. The predicted octanol–water partition coefficient (Wildman–Crippen LogP) is 16.5. The average Bonchev–Trinajstić information content (AvgIpc) is 3.60. The van der Waals surface area contributed by atoms with Crippen molar-refractivity contribution >= 4 is 44.9 Å². The number of hydrogen-bond acceptors (Lipinski definition) is 3. The molecule has 0 bridgehead atoms. The van der Waals surface area contributed by atoms with E-state index >= 15 is 0 Å². The molecule has 1 aliphatic heterocycles. The lowest BCUT2D eigenvalue weighted by molar-refractivity contribution is 0.332. The maximum Gasteiger partial charge on any atom is 0.200 e. The third-order valence-electron chi connectivity index (χ3n) is 14.1. The van der Waals surface area contributed by atoms with Crippen molar-refractivity contribution in [3.05, 3.63) is 186 Å². The van der Waals surface area contributed by atoms with E-state index in [0.717, 1.165) is 54.1 Å². The molecule has 4 aromatic rings. The summed E-state index contributed by atoms with van der Waals surface area (Å²) in [6.07, 6.45) is 24.3. The minimum Gasteiger partial charge on any atom is -0.318 e. The summed E-state index contributed by atoms with van der Waals surface area (Å²) in [7, 11) is 2.37. The number of rotatable bonds is 8. The van der Waals surface area contributed by atoms with Crippen molar-refractivity contribution in [3.63, 3.8) is 0 Å². The summed E-state index contributed by atoms with van der Waals surface area (Å²) in [5.41, 5.74) is 14.6. The van der Waals surface area contributed by atoms with Crippen LogP contribution < -0.4 is 14.6 Å². The van der Waals surface area contributed by atoms with Crippen LogP contribution in [0.2, 0.25) is 0 Å². The van der Waals surface area contributed by atoms with E-state index in [1.807, 2.05) is 23.5 Å². The number of fused-ring (bicyclic) bond motifs is 4. The summed E-state index contributed by atoms with van der Waals surface area (Å²) < 4.78 is 2.42. The fraction of sp³-hybridized carbons (Fsp3) is 0.367. The summed E-state index contributed by atoms with van der Waals surface area (Å²) in [5, 5.41) is 1.22. The molecule has 1 unspecified atom stereocenters. The van der Waals surface area contributed by atoms with Crippen LogP contribution in [0.25, 0.3) is 21.2 Å². The molecule has 0 saturated heterocycles. The Morgan fingerprint density at radius 1 is 0.891 bits per heavy atom. The Hall–Kier alpha value is -5.06. The third kappa shape index (κ3) is 9.37. The molecule has 4 heteroatoms. The number of nitrogens with zero attached hydrogens (tertiary/aromatic N) is 2. The van der Waals surface area contributed by atoms with Crippen LogP contribution in [0.4, 0.5) is 11.4 Å². The zero-order chi connectivity index (χ0) is 46.4. The molecular weight excluding hydrogens is 792 g/mol. The Labute approximate surface area is 392 Å². The van der Waals surface area contributed by atoms with E-state index in [4.69, 9.17) is 6.58 Å². The molecular formula is C60H72BN2S. The van der Waals surface area contributed by atoms with Crippen LogP contribution in [0.5, 0.6) is 0 Å². The molecule has 7 rings (SSSR count). The highest BCUT2D eigenvalue weighted by molar-refractivity contribution is 7.28. The van der Waals surface area contributed by atoms with E-state index in [-0.39, 0.29) is 21.7 Å². The molecule has 2 nitrogen and oxygen atoms in total. The van der Waals surface area contributed by atoms with E-state index in [2.05, 4.69) is 223 Å². The maximum atomic E-state index is 4.81. The van der Waals surface area contributed by atoms with Gasteiger partial charge in [-0.05, 0) is 152 Å². The van der Waals surface area contributed by atoms with E-state index < -0.39 is 0 Å². The molecule has 1 aromatic heterocycles. The van der Waals surface area contributed by atoms with E-state index in [9.17, 15) is 0 Å². The standard InChI is InChI=1S/C60H72BN2S/c1-16-22-46-30-34-62(53-38-52-51(59(12,13)32-33-60(52,14)15)37-49(53)43-24-19-18-20-25-43)47(36-48-41(5)29-31-58(10,11)42(48)6)39-61-56-55(63(46)45(17-2)26-21-23-40(3)4)50-35-44(57(7,8)9)27-28-54(50)64-56/h16-28,30,34-41H,1-2,6,29,31-33H2,3-5,7-15H3/b23-21+,34-30+,45-26+,46-22+,47-39-,48-36-. The molecule has 1 radical (unpaired) electrons. The van der Waals surface area contributed by atoms with Gasteiger partial charge in [0.05, 0.1) is 11.4 Å². The second-order valence-corrected chi connectivity index (χ2v) is 22.8. The Morgan fingerprint density at radius 3 is 2.22 bits per heavy atom. The van der Waals surface area contributed by atoms with Gasteiger partial charge in [0.1, 0.15) is 0 Å². The summed E-state index contributed by atoms with van der Waals surface area (Å²) in [4.78, 5) is 4.86. The van der Waals surface area contributed by atoms with Gasteiger partial charge in [0.25, 0.3) is 0 Å². The van der Waals surface area contributed by atoms with Crippen molar-refractivity contribution in [2.75, 3.05) is 9.80 Å². The summed E-state index contributed by atoms with van der Waals surface area (Å²) in [6, 6.07) is 23.1. The molecule has 0 N–H and O–H groups in total. The van der Waals surface area contributed by atoms with Gasteiger partial charge in [-0.25, -0.2) is 0 Å². The van der Waals surface area contributed by atoms with E-state index in [1.165, 1.54) is 53.8 Å². The Kier molecular flexibility index (Phi) is 13.3. The molecule has 1 fully saturated rings. The molecule has 3 aromatic carbocycles. The van der Waals surface area contributed by atoms with Crippen LogP contribution in [0.1, 0.15) is 125 Å². The first-order valence-electron chi connectivity index (χ1n) is 23.6. The smallest absolute Gasteiger partial charge is 0.200 e. The first-order chi connectivity index (χ1) is 30.2. The van der Waals surface area contributed by atoms with Crippen LogP contribution >= 0.6 is 11.3 Å². The fourth-order valence-corrected chi connectivity index (χ4v) is 10.8. The van der Waals surface area contributed by atoms with E-state index in [0.29, 0.717) is 11.8 Å². The molecule has 1 atom stereocenters. The Morgan fingerprint density at radius 2 is 1.58 bits per heavy atom. The summed E-state index contributed by atoms with van der Waals surface area (Å²) in [5.74, 6) is 3.16. The minimum absolute atomic E-state index is 0.00997. The molecule has 331 valence electrons. The lowest BCUT2D eigenvalue weighted by Gasteiger charge is -2.43. The van der Waals surface area contributed by atoms with Gasteiger partial charge in [0.2, 0.25) is 7.28 Å². The summed E-state index contributed by atoms with van der Waals surface area (Å²) >= 11 is 1.85. The molecule has 64 heavy (non-hydrogen) atoms. The highest BCUT2D eigenvalue weighted by Gasteiger charge is 2.39. The topological polar surface area (TPSA) is 6.48 Å². The van der Waals surface area contributed by atoms with Gasteiger partial charge in [0.15, 0.2) is 0 Å². The number of benzene rings is 3. The van der Waals surface area contributed by atoms with Gasteiger partial charge < -0.3 is 9.80 Å². The van der Waals surface area contributed by atoms with Gasteiger partial charge in [-0.1, -0.05) is 163 Å². The molecule has 2 aliphatic carbocycles. The second-order valence-electron chi connectivity index (χ2n) is 21.8. The van der Waals surface area contributed by atoms with Gasteiger partial charge in [-0.3, -0.25) is 0 Å². The number of anilines is 2. The van der Waals surface area contributed by atoms with Gasteiger partial charge >= 0.3 is 0 Å². The first-order valence-corrected chi connectivity index (χ1v) is 24.4. The molecule has 1 saturated carbocycles. The van der Waals surface area contributed by atoms with Crippen molar-refractivity contribution < 1.29 is 0 Å². The van der Waals surface area contributed by atoms with Crippen molar-refractivity contribution in [2.45, 2.75) is 125 Å². The van der Waals surface area contributed by atoms with Crippen molar-refractivity contribution in [1.82, 2.24) is 0 Å². The van der Waals surface area contributed by atoms with Crippen LogP contribution in [-0.4, -0.2) is 7.28 Å². The van der Waals surface area contributed by atoms with Gasteiger partial charge in [-0.2, -0.15) is 0 Å². The molecule has 0 spiro atoms. The van der Waals surface area contributed by atoms with Crippen LogP contribution in [0, 0.1) is 17.3 Å². The largest absolute Gasteiger partial charge is 0.318 e. The number of hydrogen-bond donors (Lipinski definition) is 0. The zero-order valence-corrected chi connectivity index (χ0v) is 41.8. The lowest BCUT2D eigenvalue weighted by Crippen LogP contribution is -2.34. The van der Waals surface area contributed by atoms with Crippen LogP contribution in [0.15, 0.2) is 169 Å². The fourth-order valence-electron chi connectivity index (χ4n) is 9.68. The van der Waals surface area contributed by atoms with Crippen LogP contribution in [-0.2, 0) is 16.2 Å². The Bertz CT molecular complexity index is 2640. The van der Waals surface area contributed by atoms with Crippen molar-refractivity contribution in [1.29, 1.82) is 0 Å². The highest BCUT2D eigenvalue weighted by Crippen LogP contribution is 2.51. The van der Waals surface area contributed by atoms with Gasteiger partial charge in [0, 0.05) is 38.9 Å².